The molecule has 1 atom stereocenters. The third-order valence-corrected chi connectivity index (χ3v) is 2.16. The van der Waals surface area contributed by atoms with Crippen molar-refractivity contribution in [3.63, 3.8) is 0 Å². The van der Waals surface area contributed by atoms with Crippen molar-refractivity contribution >= 4 is 17.6 Å². The molecule has 1 aromatic rings. The van der Waals surface area contributed by atoms with Crippen molar-refractivity contribution in [1.82, 2.24) is 0 Å². The Morgan fingerprint density at radius 1 is 1.54 bits per heavy atom. The number of rotatable bonds is 1. The summed E-state index contributed by atoms with van der Waals surface area (Å²) in [6.07, 6.45) is 1.73. The Kier molecular flexibility index (Phi) is 1.62. The fourth-order valence-corrected chi connectivity index (χ4v) is 1.47. The van der Waals surface area contributed by atoms with E-state index in [9.17, 15) is 10.1 Å². The van der Waals surface area contributed by atoms with Crippen molar-refractivity contribution in [3.8, 4) is 0 Å². The highest BCUT2D eigenvalue weighted by molar-refractivity contribution is 5.84. The number of nitrogens with zero attached hydrogens (tertiary/aromatic N) is 2. The summed E-state index contributed by atoms with van der Waals surface area (Å²) in [6.45, 7) is 1.97. The van der Waals surface area contributed by atoms with Crippen molar-refractivity contribution in [3.05, 3.63) is 33.9 Å². The van der Waals surface area contributed by atoms with Gasteiger partial charge in [-0.15, -0.1) is 0 Å². The minimum Gasteiger partial charge on any atom is -0.258 e. The number of para-hydroxylation sites is 1. The number of hydrogen-bond acceptors (Lipinski definition) is 3. The van der Waals surface area contributed by atoms with Crippen LogP contribution in [0.4, 0.5) is 11.4 Å². The number of nitro groups is 1. The Labute approximate surface area is 75.1 Å². The first-order chi connectivity index (χ1) is 6.20. The van der Waals surface area contributed by atoms with E-state index in [1.54, 1.807) is 12.3 Å². The first-order valence-electron chi connectivity index (χ1n) is 4.01. The topological polar surface area (TPSA) is 55.5 Å². The van der Waals surface area contributed by atoms with Crippen LogP contribution >= 0.6 is 0 Å². The van der Waals surface area contributed by atoms with Crippen LogP contribution in [0.15, 0.2) is 23.2 Å². The molecule has 0 fully saturated rings. The molecule has 0 spiro atoms. The smallest absolute Gasteiger partial charge is 0.258 e. The SMILES string of the molecule is CC1C=Nc2c1cccc2[N+](=O)[O-]. The maximum absolute atomic E-state index is 10.6. The number of hydrogen-bond donors (Lipinski definition) is 0. The van der Waals surface area contributed by atoms with Gasteiger partial charge in [-0.3, -0.25) is 15.1 Å². The summed E-state index contributed by atoms with van der Waals surface area (Å²) in [5.74, 6) is 0.190. The molecule has 0 saturated carbocycles. The summed E-state index contributed by atoms with van der Waals surface area (Å²) in [5.41, 5.74) is 1.55. The third-order valence-electron chi connectivity index (χ3n) is 2.16. The summed E-state index contributed by atoms with van der Waals surface area (Å²) in [6, 6.07) is 5.05. The molecule has 1 heterocycles. The predicted molar refractivity (Wildman–Crippen MR) is 49.7 cm³/mol. The van der Waals surface area contributed by atoms with Crippen LogP contribution in [-0.4, -0.2) is 11.1 Å². The molecule has 0 bridgehead atoms. The lowest BCUT2D eigenvalue weighted by atomic mass is 10.0. The minimum atomic E-state index is -0.395. The average molecular weight is 176 g/mol. The molecule has 0 aliphatic carbocycles. The van der Waals surface area contributed by atoms with Gasteiger partial charge in [-0.2, -0.15) is 0 Å². The van der Waals surface area contributed by atoms with E-state index in [1.165, 1.54) is 6.07 Å². The molecule has 1 aromatic carbocycles. The number of aliphatic imine (C=N–C) groups is 1. The Bertz CT molecular complexity index is 399. The van der Waals surface area contributed by atoms with Gasteiger partial charge in [0.1, 0.15) is 5.69 Å². The molecule has 0 aromatic heterocycles. The third kappa shape index (κ3) is 1.11. The van der Waals surface area contributed by atoms with E-state index in [1.807, 2.05) is 13.0 Å². The maximum atomic E-state index is 10.6. The van der Waals surface area contributed by atoms with Crippen molar-refractivity contribution in [2.24, 2.45) is 4.99 Å². The Morgan fingerprint density at radius 3 is 3.00 bits per heavy atom. The van der Waals surface area contributed by atoms with Crippen LogP contribution in [-0.2, 0) is 0 Å². The fraction of sp³-hybridized carbons (Fsp3) is 0.222. The lowest BCUT2D eigenvalue weighted by molar-refractivity contribution is -0.384. The molecular formula is C9H8N2O2. The molecule has 13 heavy (non-hydrogen) atoms. The standard InChI is InChI=1S/C9H8N2O2/c1-6-5-10-9-7(6)3-2-4-8(9)11(12)13/h2-6H,1H3. The van der Waals surface area contributed by atoms with Gasteiger partial charge < -0.3 is 0 Å². The van der Waals surface area contributed by atoms with Gasteiger partial charge in [-0.25, -0.2) is 0 Å². The van der Waals surface area contributed by atoms with Crippen LogP contribution in [0.25, 0.3) is 0 Å². The molecule has 4 heteroatoms. The minimum absolute atomic E-state index is 0.0955. The summed E-state index contributed by atoms with van der Waals surface area (Å²) < 4.78 is 0. The summed E-state index contributed by atoms with van der Waals surface area (Å²) in [4.78, 5) is 14.2. The van der Waals surface area contributed by atoms with Crippen molar-refractivity contribution in [2.45, 2.75) is 12.8 Å². The van der Waals surface area contributed by atoms with E-state index in [-0.39, 0.29) is 11.6 Å². The first kappa shape index (κ1) is 7.91. The lowest BCUT2D eigenvalue weighted by Crippen LogP contribution is -1.91. The van der Waals surface area contributed by atoms with Crippen LogP contribution in [0.2, 0.25) is 0 Å². The average Bonchev–Trinajstić information content (AvgIpc) is 2.48. The van der Waals surface area contributed by atoms with E-state index in [0.717, 1.165) is 5.56 Å². The number of fused-ring (bicyclic) bond motifs is 1. The van der Waals surface area contributed by atoms with Gasteiger partial charge in [-0.05, 0) is 5.56 Å². The zero-order chi connectivity index (χ0) is 9.42. The molecule has 0 saturated heterocycles. The van der Waals surface area contributed by atoms with Gasteiger partial charge in [-0.1, -0.05) is 19.1 Å². The summed E-state index contributed by atoms with van der Waals surface area (Å²) >= 11 is 0. The number of nitro benzene ring substituents is 1. The molecule has 66 valence electrons. The van der Waals surface area contributed by atoms with Crippen molar-refractivity contribution in [2.75, 3.05) is 0 Å². The van der Waals surface area contributed by atoms with E-state index in [4.69, 9.17) is 0 Å². The van der Waals surface area contributed by atoms with Crippen LogP contribution in [0.5, 0.6) is 0 Å². The van der Waals surface area contributed by atoms with Crippen LogP contribution in [0.3, 0.4) is 0 Å². The van der Waals surface area contributed by atoms with Gasteiger partial charge in [0.2, 0.25) is 0 Å². The van der Waals surface area contributed by atoms with Gasteiger partial charge in [0.05, 0.1) is 4.92 Å². The van der Waals surface area contributed by atoms with Crippen LogP contribution in [0.1, 0.15) is 18.4 Å². The largest absolute Gasteiger partial charge is 0.295 e. The summed E-state index contributed by atoms with van der Waals surface area (Å²) in [7, 11) is 0. The number of benzene rings is 1. The van der Waals surface area contributed by atoms with Gasteiger partial charge in [0.25, 0.3) is 5.69 Å². The van der Waals surface area contributed by atoms with E-state index < -0.39 is 4.92 Å². The lowest BCUT2D eigenvalue weighted by Gasteiger charge is -2.01. The highest BCUT2D eigenvalue weighted by atomic mass is 16.6. The van der Waals surface area contributed by atoms with Gasteiger partial charge in [0, 0.05) is 18.2 Å². The molecule has 1 aliphatic heterocycles. The predicted octanol–water partition coefficient (Wildman–Crippen LogP) is 2.41. The molecular weight excluding hydrogens is 168 g/mol. The van der Waals surface area contributed by atoms with Gasteiger partial charge >= 0.3 is 0 Å². The zero-order valence-corrected chi connectivity index (χ0v) is 7.10. The highest BCUT2D eigenvalue weighted by Crippen LogP contribution is 2.38. The summed E-state index contributed by atoms with van der Waals surface area (Å²) in [5, 5.41) is 10.6. The zero-order valence-electron chi connectivity index (χ0n) is 7.10. The van der Waals surface area contributed by atoms with Crippen molar-refractivity contribution in [1.29, 1.82) is 0 Å². The maximum Gasteiger partial charge on any atom is 0.295 e. The van der Waals surface area contributed by atoms with E-state index in [0.29, 0.717) is 5.69 Å². The second-order valence-corrected chi connectivity index (χ2v) is 3.04. The molecule has 1 aliphatic rings. The highest BCUT2D eigenvalue weighted by Gasteiger charge is 2.22. The molecule has 1 unspecified atom stereocenters. The Morgan fingerprint density at radius 2 is 2.31 bits per heavy atom. The van der Waals surface area contributed by atoms with Crippen LogP contribution in [0, 0.1) is 10.1 Å². The fourth-order valence-electron chi connectivity index (χ4n) is 1.47. The first-order valence-corrected chi connectivity index (χ1v) is 4.01. The molecule has 0 N–H and O–H groups in total. The second kappa shape index (κ2) is 2.65. The quantitative estimate of drug-likeness (QED) is 0.487. The second-order valence-electron chi connectivity index (χ2n) is 3.04. The van der Waals surface area contributed by atoms with E-state index >= 15 is 0 Å². The Hall–Kier alpha value is -1.71. The monoisotopic (exact) mass is 176 g/mol. The van der Waals surface area contributed by atoms with Crippen LogP contribution < -0.4 is 0 Å². The molecule has 4 nitrogen and oxygen atoms in total. The van der Waals surface area contributed by atoms with Gasteiger partial charge in [0.15, 0.2) is 0 Å². The molecule has 0 radical (unpaired) electrons. The Balaban J connectivity index is 2.63. The van der Waals surface area contributed by atoms with Crippen molar-refractivity contribution < 1.29 is 4.92 Å². The molecule has 2 rings (SSSR count). The normalized spacial score (nSPS) is 18.7. The molecule has 0 amide bonds. The van der Waals surface area contributed by atoms with E-state index in [2.05, 4.69) is 4.99 Å².